The fraction of sp³-hybridized carbons (Fsp3) is 0.333. The van der Waals surface area contributed by atoms with Crippen LogP contribution in [0.25, 0.3) is 0 Å². The van der Waals surface area contributed by atoms with E-state index in [0.717, 1.165) is 18.0 Å². The van der Waals surface area contributed by atoms with E-state index in [1.165, 1.54) is 11.8 Å². The van der Waals surface area contributed by atoms with Crippen LogP contribution in [0.5, 0.6) is 0 Å². The number of aliphatic hydroxyl groups is 1. The molecule has 2 N–H and O–H groups in total. The van der Waals surface area contributed by atoms with Gasteiger partial charge in [-0.2, -0.15) is 0 Å². The summed E-state index contributed by atoms with van der Waals surface area (Å²) in [4.78, 5) is 4.09. The Hall–Kier alpha value is -0.650. The summed E-state index contributed by atoms with van der Waals surface area (Å²) in [5.41, 5.74) is 0. The van der Waals surface area contributed by atoms with Crippen LogP contribution >= 0.6 is 24.0 Å². The molecule has 0 bridgehead atoms. The van der Waals surface area contributed by atoms with Crippen LogP contribution in [-0.4, -0.2) is 26.8 Å². The summed E-state index contributed by atoms with van der Waals surface area (Å²) >= 11 is 6.60. The highest BCUT2D eigenvalue weighted by molar-refractivity contribution is 8.23. The molecule has 3 nitrogen and oxygen atoms in total. The van der Waals surface area contributed by atoms with Crippen molar-refractivity contribution in [1.29, 1.82) is 0 Å². The first-order valence-electron chi connectivity index (χ1n) is 4.28. The number of anilines is 1. The van der Waals surface area contributed by atoms with Crippen molar-refractivity contribution in [3.05, 3.63) is 24.4 Å². The fourth-order valence-corrected chi connectivity index (χ4v) is 1.80. The highest BCUT2D eigenvalue weighted by atomic mass is 32.2. The molecular formula is C9H12N2OS2. The fourth-order valence-electron chi connectivity index (χ4n) is 0.807. The Bertz CT molecular complexity index is 279. The Kier molecular flexibility index (Phi) is 5.51. The minimum absolute atomic E-state index is 0.208. The Morgan fingerprint density at radius 1 is 1.57 bits per heavy atom. The lowest BCUT2D eigenvalue weighted by atomic mass is 10.5. The second-order valence-corrected chi connectivity index (χ2v) is 4.32. The molecule has 1 aromatic rings. The van der Waals surface area contributed by atoms with Crippen LogP contribution in [-0.2, 0) is 0 Å². The lowest BCUT2D eigenvalue weighted by molar-refractivity contribution is 0.296. The van der Waals surface area contributed by atoms with E-state index in [4.69, 9.17) is 17.3 Å². The van der Waals surface area contributed by atoms with Crippen LogP contribution in [0.3, 0.4) is 0 Å². The molecule has 0 spiro atoms. The van der Waals surface area contributed by atoms with Gasteiger partial charge in [0.25, 0.3) is 0 Å². The molecule has 0 radical (unpaired) electrons. The zero-order valence-electron chi connectivity index (χ0n) is 7.64. The van der Waals surface area contributed by atoms with Gasteiger partial charge in [0.2, 0.25) is 0 Å². The van der Waals surface area contributed by atoms with Gasteiger partial charge in [0.1, 0.15) is 10.1 Å². The van der Waals surface area contributed by atoms with Crippen molar-refractivity contribution < 1.29 is 5.11 Å². The Morgan fingerprint density at radius 2 is 2.43 bits per heavy atom. The van der Waals surface area contributed by atoms with Crippen molar-refractivity contribution in [3.63, 3.8) is 0 Å². The monoisotopic (exact) mass is 228 g/mol. The summed E-state index contributed by atoms with van der Waals surface area (Å²) in [5.74, 6) is 1.59. The first-order valence-corrected chi connectivity index (χ1v) is 5.68. The van der Waals surface area contributed by atoms with E-state index in [1.54, 1.807) is 6.20 Å². The van der Waals surface area contributed by atoms with Gasteiger partial charge in [-0.3, -0.25) is 0 Å². The normalized spacial score (nSPS) is 9.79. The van der Waals surface area contributed by atoms with Crippen LogP contribution in [0.4, 0.5) is 5.82 Å². The molecule has 0 saturated heterocycles. The van der Waals surface area contributed by atoms with Crippen LogP contribution in [0.1, 0.15) is 6.42 Å². The first-order chi connectivity index (χ1) is 6.83. The third-order valence-corrected chi connectivity index (χ3v) is 2.74. The van der Waals surface area contributed by atoms with Gasteiger partial charge in [-0.15, -0.1) is 0 Å². The molecule has 0 unspecified atom stereocenters. The highest BCUT2D eigenvalue weighted by Gasteiger charge is 1.98. The first kappa shape index (κ1) is 11.4. The van der Waals surface area contributed by atoms with E-state index in [9.17, 15) is 0 Å². The Balaban J connectivity index is 2.27. The molecule has 1 rings (SSSR count). The molecule has 0 saturated carbocycles. The van der Waals surface area contributed by atoms with Crippen molar-refractivity contribution >= 4 is 34.1 Å². The maximum absolute atomic E-state index is 8.58. The van der Waals surface area contributed by atoms with Gasteiger partial charge in [-0.25, -0.2) is 4.98 Å². The van der Waals surface area contributed by atoms with E-state index in [2.05, 4.69) is 10.3 Å². The Labute approximate surface area is 92.9 Å². The number of aromatic nitrogens is 1. The standard InChI is InChI=1S/C9H12N2OS2/c12-6-3-7-14-9(13)11-8-4-1-2-5-10-8/h1-2,4-5,12H,3,6-7H2,(H,10,11,13). The highest BCUT2D eigenvalue weighted by Crippen LogP contribution is 2.09. The molecule has 0 aliphatic heterocycles. The predicted octanol–water partition coefficient (Wildman–Crippen LogP) is 1.89. The number of thiocarbonyl (C=S) groups is 1. The number of hydrogen-bond acceptors (Lipinski definition) is 4. The largest absolute Gasteiger partial charge is 0.396 e. The van der Waals surface area contributed by atoms with E-state index < -0.39 is 0 Å². The number of pyridine rings is 1. The maximum atomic E-state index is 8.58. The quantitative estimate of drug-likeness (QED) is 0.608. The Morgan fingerprint density at radius 3 is 3.07 bits per heavy atom. The van der Waals surface area contributed by atoms with Crippen molar-refractivity contribution in [2.45, 2.75) is 6.42 Å². The molecule has 0 amide bonds. The van der Waals surface area contributed by atoms with Gasteiger partial charge in [0, 0.05) is 18.6 Å². The lowest BCUT2D eigenvalue weighted by Crippen LogP contribution is -2.06. The molecule has 14 heavy (non-hydrogen) atoms. The zero-order valence-corrected chi connectivity index (χ0v) is 9.27. The summed E-state index contributed by atoms with van der Waals surface area (Å²) in [5, 5.41) is 11.6. The van der Waals surface area contributed by atoms with Gasteiger partial charge < -0.3 is 10.4 Å². The van der Waals surface area contributed by atoms with Gasteiger partial charge in [-0.1, -0.05) is 30.0 Å². The molecule has 0 aromatic carbocycles. The number of hydrogen-bond donors (Lipinski definition) is 2. The molecule has 0 aliphatic rings. The SMILES string of the molecule is OCCCSC(=S)Nc1ccccn1. The van der Waals surface area contributed by atoms with Gasteiger partial charge in [-0.05, 0) is 18.6 Å². The maximum Gasteiger partial charge on any atom is 0.139 e. The minimum Gasteiger partial charge on any atom is -0.396 e. The van der Waals surface area contributed by atoms with Crippen molar-refractivity contribution in [2.75, 3.05) is 17.7 Å². The summed E-state index contributed by atoms with van der Waals surface area (Å²) < 4.78 is 0.692. The predicted molar refractivity (Wildman–Crippen MR) is 64.6 cm³/mol. The van der Waals surface area contributed by atoms with E-state index >= 15 is 0 Å². The van der Waals surface area contributed by atoms with E-state index in [0.29, 0.717) is 4.32 Å². The summed E-state index contributed by atoms with van der Waals surface area (Å²) in [6, 6.07) is 5.61. The van der Waals surface area contributed by atoms with Crippen molar-refractivity contribution in [2.24, 2.45) is 0 Å². The number of nitrogens with one attached hydrogen (secondary N) is 1. The van der Waals surface area contributed by atoms with Crippen molar-refractivity contribution in [1.82, 2.24) is 4.98 Å². The van der Waals surface area contributed by atoms with Gasteiger partial charge in [0.15, 0.2) is 0 Å². The summed E-state index contributed by atoms with van der Waals surface area (Å²) in [6.07, 6.45) is 2.47. The van der Waals surface area contributed by atoms with Crippen LogP contribution in [0.2, 0.25) is 0 Å². The molecule has 76 valence electrons. The van der Waals surface area contributed by atoms with Crippen molar-refractivity contribution in [3.8, 4) is 0 Å². The number of thioether (sulfide) groups is 1. The topological polar surface area (TPSA) is 45.1 Å². The van der Waals surface area contributed by atoms with Crippen LogP contribution < -0.4 is 5.32 Å². The molecule has 0 fully saturated rings. The molecule has 0 atom stereocenters. The number of nitrogens with zero attached hydrogens (tertiary/aromatic N) is 1. The van der Waals surface area contributed by atoms with Gasteiger partial charge >= 0.3 is 0 Å². The third-order valence-electron chi connectivity index (χ3n) is 1.43. The number of rotatable bonds is 4. The van der Waals surface area contributed by atoms with Gasteiger partial charge in [0.05, 0.1) is 0 Å². The molecule has 0 aliphatic carbocycles. The molecule has 5 heteroatoms. The van der Waals surface area contributed by atoms with E-state index in [-0.39, 0.29) is 6.61 Å². The molecule has 1 aromatic heterocycles. The summed E-state index contributed by atoms with van der Waals surface area (Å²) in [6.45, 7) is 0.208. The summed E-state index contributed by atoms with van der Waals surface area (Å²) in [7, 11) is 0. The number of aliphatic hydroxyl groups excluding tert-OH is 1. The molecular weight excluding hydrogens is 216 g/mol. The lowest BCUT2D eigenvalue weighted by Gasteiger charge is -2.05. The smallest absolute Gasteiger partial charge is 0.139 e. The minimum atomic E-state index is 0.208. The second kappa shape index (κ2) is 6.75. The second-order valence-electron chi connectivity index (χ2n) is 2.55. The van der Waals surface area contributed by atoms with Crippen LogP contribution in [0.15, 0.2) is 24.4 Å². The van der Waals surface area contributed by atoms with E-state index in [1.807, 2.05) is 18.2 Å². The third kappa shape index (κ3) is 4.55. The average Bonchev–Trinajstić information content (AvgIpc) is 2.20. The average molecular weight is 228 g/mol. The zero-order chi connectivity index (χ0) is 10.2. The van der Waals surface area contributed by atoms with Crippen LogP contribution in [0, 0.1) is 0 Å². The molecule has 1 heterocycles.